The molecule has 0 fully saturated rings. The lowest BCUT2D eigenvalue weighted by molar-refractivity contribution is 0.365. The number of para-hydroxylation sites is 2. The van der Waals surface area contributed by atoms with Crippen molar-refractivity contribution in [2.45, 2.75) is 97.4 Å². The second-order valence-electron chi connectivity index (χ2n) is 9.06. The Morgan fingerprint density at radius 1 is 0.656 bits per heavy atom. The average Bonchev–Trinajstić information content (AvgIpc) is 3.13. The van der Waals surface area contributed by atoms with Gasteiger partial charge in [-0.25, -0.2) is 0 Å². The summed E-state index contributed by atoms with van der Waals surface area (Å²) in [5, 5.41) is 17.1. The molecule has 0 saturated heterocycles. The molecule has 2 N–H and O–H groups in total. The quantitative estimate of drug-likeness (QED) is 0.204. The molecule has 0 saturated carbocycles. The summed E-state index contributed by atoms with van der Waals surface area (Å²) in [5.41, 5.74) is 2.82. The SMILES string of the molecule is CCCCCCCCC(CCCCCC)Cn1c2ccccc2c2ccccc21.OBO. The highest BCUT2D eigenvalue weighted by Crippen LogP contribution is 2.31. The van der Waals surface area contributed by atoms with Crippen LogP contribution < -0.4 is 0 Å². The topological polar surface area (TPSA) is 45.4 Å². The number of unbranched alkanes of at least 4 members (excludes halogenated alkanes) is 8. The number of fused-ring (bicyclic) bond motifs is 3. The summed E-state index contributed by atoms with van der Waals surface area (Å²) >= 11 is 0. The Morgan fingerprint density at radius 2 is 1.06 bits per heavy atom. The largest absolute Gasteiger partial charge is 0.432 e. The smallest absolute Gasteiger partial charge is 0.430 e. The van der Waals surface area contributed by atoms with Crippen LogP contribution in [0.2, 0.25) is 0 Å². The van der Waals surface area contributed by atoms with Crippen molar-refractivity contribution >= 4 is 29.5 Å². The van der Waals surface area contributed by atoms with Gasteiger partial charge in [-0.05, 0) is 30.9 Å². The fourth-order valence-corrected chi connectivity index (χ4v) is 4.86. The van der Waals surface area contributed by atoms with Gasteiger partial charge >= 0.3 is 7.69 Å². The minimum Gasteiger partial charge on any atom is -0.430 e. The van der Waals surface area contributed by atoms with E-state index < -0.39 is 7.69 Å². The highest BCUT2D eigenvalue weighted by atomic mass is 16.4. The maximum atomic E-state index is 7.12. The van der Waals surface area contributed by atoms with Crippen molar-refractivity contribution in [3.05, 3.63) is 48.5 Å². The predicted molar refractivity (Wildman–Crippen MR) is 141 cm³/mol. The molecule has 2 aromatic carbocycles. The summed E-state index contributed by atoms with van der Waals surface area (Å²) in [7, 11) is -0.750. The maximum absolute atomic E-state index is 7.12. The van der Waals surface area contributed by atoms with Crippen LogP contribution in [0, 0.1) is 5.92 Å². The Balaban J connectivity index is 0.00000114. The zero-order valence-electron chi connectivity index (χ0n) is 20.4. The number of nitrogens with zero attached hydrogens (tertiary/aromatic N) is 1. The first-order chi connectivity index (χ1) is 15.8. The molecule has 32 heavy (non-hydrogen) atoms. The van der Waals surface area contributed by atoms with Gasteiger partial charge in [0.1, 0.15) is 0 Å². The summed E-state index contributed by atoms with van der Waals surface area (Å²) in [4.78, 5) is 0. The zero-order chi connectivity index (χ0) is 23.0. The molecule has 0 aliphatic rings. The summed E-state index contributed by atoms with van der Waals surface area (Å²) in [6.07, 6.45) is 16.7. The van der Waals surface area contributed by atoms with Crippen LogP contribution in [-0.4, -0.2) is 22.3 Å². The standard InChI is InChI=1S/C28H41N.BH3O2/c1-3-5-7-9-10-12-18-24(17-11-8-6-4-2)23-29-27-21-15-13-19-25(27)26-20-14-16-22-28(26)29;2-1-3/h13-16,19-22,24H,3-12,17-18,23H2,1-2H3;1-3H. The predicted octanol–water partition coefficient (Wildman–Crippen LogP) is 7.37. The van der Waals surface area contributed by atoms with Crippen LogP contribution in [0.25, 0.3) is 21.8 Å². The molecule has 0 aliphatic heterocycles. The van der Waals surface area contributed by atoms with Gasteiger partial charge in [0.2, 0.25) is 0 Å². The van der Waals surface area contributed by atoms with Gasteiger partial charge in [0.15, 0.2) is 0 Å². The Kier molecular flexibility index (Phi) is 13.2. The second kappa shape index (κ2) is 15.9. The van der Waals surface area contributed by atoms with Crippen molar-refractivity contribution in [2.24, 2.45) is 5.92 Å². The molecule has 0 radical (unpaired) electrons. The number of aromatic nitrogens is 1. The molecule has 0 amide bonds. The van der Waals surface area contributed by atoms with E-state index in [-0.39, 0.29) is 0 Å². The Labute approximate surface area is 196 Å². The highest BCUT2D eigenvalue weighted by Gasteiger charge is 2.15. The normalized spacial score (nSPS) is 12.0. The van der Waals surface area contributed by atoms with Gasteiger partial charge in [-0.3, -0.25) is 0 Å². The first-order valence-corrected chi connectivity index (χ1v) is 12.9. The summed E-state index contributed by atoms with van der Waals surface area (Å²) in [6, 6.07) is 18.0. The molecular weight excluding hydrogens is 393 g/mol. The molecule has 0 bridgehead atoms. The third-order valence-electron chi connectivity index (χ3n) is 6.55. The molecule has 176 valence electrons. The number of benzene rings is 2. The fraction of sp³-hybridized carbons (Fsp3) is 0.571. The van der Waals surface area contributed by atoms with Crippen molar-refractivity contribution in [1.82, 2.24) is 4.57 Å². The van der Waals surface area contributed by atoms with Crippen LogP contribution in [0.3, 0.4) is 0 Å². The van der Waals surface area contributed by atoms with E-state index in [4.69, 9.17) is 10.0 Å². The summed E-state index contributed by atoms with van der Waals surface area (Å²) < 4.78 is 2.62. The Bertz CT molecular complexity index is 823. The third kappa shape index (κ3) is 8.29. The van der Waals surface area contributed by atoms with Crippen molar-refractivity contribution in [3.63, 3.8) is 0 Å². The van der Waals surface area contributed by atoms with E-state index in [2.05, 4.69) is 66.9 Å². The summed E-state index contributed by atoms with van der Waals surface area (Å²) in [6.45, 7) is 5.79. The molecule has 1 atom stereocenters. The van der Waals surface area contributed by atoms with Gasteiger partial charge in [-0.1, -0.05) is 114 Å². The molecule has 3 aromatic rings. The molecule has 3 nitrogen and oxygen atoms in total. The molecule has 4 heteroatoms. The van der Waals surface area contributed by atoms with Gasteiger partial charge < -0.3 is 14.6 Å². The van der Waals surface area contributed by atoms with Gasteiger partial charge in [0.05, 0.1) is 0 Å². The van der Waals surface area contributed by atoms with Crippen LogP contribution in [0.5, 0.6) is 0 Å². The van der Waals surface area contributed by atoms with Crippen molar-refractivity contribution in [2.75, 3.05) is 0 Å². The van der Waals surface area contributed by atoms with Gasteiger partial charge in [0, 0.05) is 28.4 Å². The minimum atomic E-state index is -0.750. The van der Waals surface area contributed by atoms with E-state index in [1.165, 1.54) is 105 Å². The van der Waals surface area contributed by atoms with E-state index in [0.717, 1.165) is 5.92 Å². The van der Waals surface area contributed by atoms with E-state index in [0.29, 0.717) is 0 Å². The minimum absolute atomic E-state index is 0.750. The van der Waals surface area contributed by atoms with Crippen molar-refractivity contribution < 1.29 is 10.0 Å². The van der Waals surface area contributed by atoms with E-state index in [1.807, 2.05) is 0 Å². The molecule has 1 aromatic heterocycles. The average molecular weight is 437 g/mol. The number of rotatable bonds is 14. The molecule has 0 aliphatic carbocycles. The lowest BCUT2D eigenvalue weighted by Gasteiger charge is -2.19. The van der Waals surface area contributed by atoms with Crippen molar-refractivity contribution in [3.8, 4) is 0 Å². The monoisotopic (exact) mass is 437 g/mol. The molecule has 0 spiro atoms. The Morgan fingerprint density at radius 3 is 1.56 bits per heavy atom. The van der Waals surface area contributed by atoms with Crippen LogP contribution in [-0.2, 0) is 6.54 Å². The fourth-order valence-electron chi connectivity index (χ4n) is 4.86. The molecule has 1 unspecified atom stereocenters. The summed E-state index contributed by atoms with van der Waals surface area (Å²) in [5.74, 6) is 0.803. The van der Waals surface area contributed by atoms with Crippen LogP contribution in [0.15, 0.2) is 48.5 Å². The van der Waals surface area contributed by atoms with E-state index in [1.54, 1.807) is 0 Å². The first-order valence-electron chi connectivity index (χ1n) is 12.9. The lowest BCUT2D eigenvalue weighted by Crippen LogP contribution is -2.11. The molecular formula is C28H44BNO2. The van der Waals surface area contributed by atoms with E-state index in [9.17, 15) is 0 Å². The Hall–Kier alpha value is -1.78. The van der Waals surface area contributed by atoms with Gasteiger partial charge in [0.25, 0.3) is 0 Å². The first kappa shape index (κ1) is 26.5. The van der Waals surface area contributed by atoms with Crippen LogP contribution in [0.1, 0.15) is 90.9 Å². The van der Waals surface area contributed by atoms with Crippen LogP contribution >= 0.6 is 0 Å². The van der Waals surface area contributed by atoms with Crippen molar-refractivity contribution in [1.29, 1.82) is 0 Å². The number of hydrogen-bond donors (Lipinski definition) is 2. The highest BCUT2D eigenvalue weighted by molar-refractivity contribution is 6.13. The van der Waals surface area contributed by atoms with Gasteiger partial charge in [-0.15, -0.1) is 0 Å². The molecule has 3 rings (SSSR count). The van der Waals surface area contributed by atoms with E-state index >= 15 is 0 Å². The maximum Gasteiger partial charge on any atom is 0.432 e. The lowest BCUT2D eigenvalue weighted by atomic mass is 9.94. The number of hydrogen-bond acceptors (Lipinski definition) is 2. The third-order valence-corrected chi connectivity index (χ3v) is 6.55. The molecule has 1 heterocycles. The van der Waals surface area contributed by atoms with Crippen LogP contribution in [0.4, 0.5) is 0 Å². The second-order valence-corrected chi connectivity index (χ2v) is 9.06. The van der Waals surface area contributed by atoms with Gasteiger partial charge in [-0.2, -0.15) is 0 Å². The zero-order valence-corrected chi connectivity index (χ0v) is 20.4.